The Bertz CT molecular complexity index is 336. The lowest BCUT2D eigenvalue weighted by molar-refractivity contribution is -0.143. The minimum Gasteiger partial charge on any atom is -0.465 e. The zero-order valence-electron chi connectivity index (χ0n) is 8.69. The fourth-order valence-corrected chi connectivity index (χ4v) is 0.988. The quantitative estimate of drug-likeness (QED) is 0.273. The third-order valence-electron chi connectivity index (χ3n) is 1.73. The number of nitrogens with two attached hydrogens (primary N) is 1. The van der Waals surface area contributed by atoms with Crippen LogP contribution in [0.15, 0.2) is 6.20 Å². The molecule has 0 bridgehead atoms. The Hall–Kier alpha value is -2.12. The summed E-state index contributed by atoms with van der Waals surface area (Å²) in [5.41, 5.74) is 5.79. The molecule has 1 aromatic heterocycles. The van der Waals surface area contributed by atoms with Crippen molar-refractivity contribution in [1.29, 1.82) is 5.41 Å². The molecule has 0 aliphatic heterocycles. The van der Waals surface area contributed by atoms with E-state index < -0.39 is 0 Å². The molecule has 1 rings (SSSR count). The van der Waals surface area contributed by atoms with Crippen molar-refractivity contribution in [3.63, 3.8) is 0 Å². The number of aromatic nitrogens is 3. The highest BCUT2D eigenvalue weighted by molar-refractivity contribution is 5.75. The summed E-state index contributed by atoms with van der Waals surface area (Å²) in [6, 6.07) is 0. The van der Waals surface area contributed by atoms with Crippen molar-refractivity contribution in [2.75, 3.05) is 13.2 Å². The molecule has 5 N–H and O–H groups in total. The Balaban J connectivity index is 2.04. The van der Waals surface area contributed by atoms with E-state index in [-0.39, 0.29) is 25.0 Å². The molecule has 0 saturated carbocycles. The first-order valence-corrected chi connectivity index (χ1v) is 4.77. The third-order valence-corrected chi connectivity index (χ3v) is 1.73. The van der Waals surface area contributed by atoms with Crippen LogP contribution in [-0.4, -0.2) is 40.5 Å². The number of H-pyrrole nitrogens is 1. The number of guanidine groups is 1. The van der Waals surface area contributed by atoms with E-state index in [0.717, 1.165) is 5.69 Å². The SMILES string of the molecule is N=C(N)NCCC(=O)OCCc1c[nH]nn1. The number of nitrogens with zero attached hydrogens (tertiary/aromatic N) is 2. The molecule has 8 heteroatoms. The topological polar surface area (TPSA) is 130 Å². The predicted octanol–water partition coefficient (Wildman–Crippen LogP) is -1.24. The molecule has 0 atom stereocenters. The Morgan fingerprint density at radius 3 is 3.12 bits per heavy atom. The number of hydrogen-bond donors (Lipinski definition) is 4. The molecule has 8 nitrogen and oxygen atoms in total. The van der Waals surface area contributed by atoms with Crippen molar-refractivity contribution in [3.05, 3.63) is 11.9 Å². The van der Waals surface area contributed by atoms with E-state index in [0.29, 0.717) is 13.0 Å². The molecule has 0 aliphatic rings. The van der Waals surface area contributed by atoms with Crippen LogP contribution >= 0.6 is 0 Å². The van der Waals surface area contributed by atoms with Gasteiger partial charge in [0.15, 0.2) is 5.96 Å². The maximum Gasteiger partial charge on any atom is 0.307 e. The molecule has 1 aromatic rings. The molecule has 88 valence electrons. The van der Waals surface area contributed by atoms with Crippen molar-refractivity contribution in [1.82, 2.24) is 20.7 Å². The van der Waals surface area contributed by atoms with Crippen molar-refractivity contribution in [2.24, 2.45) is 5.73 Å². The lowest BCUT2D eigenvalue weighted by Crippen LogP contribution is -2.32. The summed E-state index contributed by atoms with van der Waals surface area (Å²) in [6.45, 7) is 0.573. The van der Waals surface area contributed by atoms with E-state index in [9.17, 15) is 4.79 Å². The van der Waals surface area contributed by atoms with Gasteiger partial charge in [0.1, 0.15) is 0 Å². The lowest BCUT2D eigenvalue weighted by atomic mass is 10.3. The average Bonchev–Trinajstić information content (AvgIpc) is 2.70. The van der Waals surface area contributed by atoms with Gasteiger partial charge in [-0.2, -0.15) is 0 Å². The molecular formula is C8H14N6O2. The minimum atomic E-state index is -0.336. The summed E-state index contributed by atoms with van der Waals surface area (Å²) in [5, 5.41) is 19.2. The second-order valence-corrected chi connectivity index (χ2v) is 3.03. The summed E-state index contributed by atoms with van der Waals surface area (Å²) >= 11 is 0. The molecule has 0 spiro atoms. The van der Waals surface area contributed by atoms with Crippen LogP contribution in [0.4, 0.5) is 0 Å². The zero-order valence-corrected chi connectivity index (χ0v) is 8.69. The van der Waals surface area contributed by atoms with E-state index in [2.05, 4.69) is 20.7 Å². The molecule has 1 heterocycles. The molecule has 0 radical (unpaired) electrons. The molecule has 0 amide bonds. The van der Waals surface area contributed by atoms with E-state index in [1.54, 1.807) is 6.20 Å². The monoisotopic (exact) mass is 226 g/mol. The van der Waals surface area contributed by atoms with Crippen molar-refractivity contribution in [3.8, 4) is 0 Å². The smallest absolute Gasteiger partial charge is 0.307 e. The fraction of sp³-hybridized carbons (Fsp3) is 0.500. The molecular weight excluding hydrogens is 212 g/mol. The number of ether oxygens (including phenoxy) is 1. The van der Waals surface area contributed by atoms with Gasteiger partial charge in [0, 0.05) is 19.2 Å². The van der Waals surface area contributed by atoms with Gasteiger partial charge in [-0.05, 0) is 0 Å². The second kappa shape index (κ2) is 6.38. The Kier molecular flexibility index (Phi) is 4.77. The highest BCUT2D eigenvalue weighted by atomic mass is 16.5. The van der Waals surface area contributed by atoms with Gasteiger partial charge < -0.3 is 15.8 Å². The molecule has 0 unspecified atom stereocenters. The van der Waals surface area contributed by atoms with E-state index in [4.69, 9.17) is 15.9 Å². The van der Waals surface area contributed by atoms with Crippen LogP contribution in [0.5, 0.6) is 0 Å². The average molecular weight is 226 g/mol. The van der Waals surface area contributed by atoms with E-state index in [1.165, 1.54) is 0 Å². The van der Waals surface area contributed by atoms with Crippen LogP contribution in [0.3, 0.4) is 0 Å². The van der Waals surface area contributed by atoms with Gasteiger partial charge in [-0.25, -0.2) is 0 Å². The van der Waals surface area contributed by atoms with Crippen LogP contribution in [0.1, 0.15) is 12.1 Å². The van der Waals surface area contributed by atoms with E-state index >= 15 is 0 Å². The van der Waals surface area contributed by atoms with E-state index in [1.807, 2.05) is 0 Å². The summed E-state index contributed by atoms with van der Waals surface area (Å²) in [5.74, 6) is -0.493. The van der Waals surface area contributed by atoms with Crippen LogP contribution in [-0.2, 0) is 16.0 Å². The first kappa shape index (κ1) is 12.0. The lowest BCUT2D eigenvalue weighted by Gasteiger charge is -2.04. The maximum absolute atomic E-state index is 11.1. The summed E-state index contributed by atoms with van der Waals surface area (Å²) in [4.78, 5) is 11.1. The van der Waals surface area contributed by atoms with Crippen molar-refractivity contribution < 1.29 is 9.53 Å². The number of aromatic amines is 1. The molecule has 0 saturated heterocycles. The molecule has 16 heavy (non-hydrogen) atoms. The van der Waals surface area contributed by atoms with Gasteiger partial charge in [0.2, 0.25) is 0 Å². The van der Waals surface area contributed by atoms with Crippen molar-refractivity contribution >= 4 is 11.9 Å². The van der Waals surface area contributed by atoms with Gasteiger partial charge in [-0.1, -0.05) is 5.21 Å². The first-order chi connectivity index (χ1) is 7.68. The summed E-state index contributed by atoms with van der Waals surface area (Å²) in [6.07, 6.45) is 2.35. The maximum atomic E-state index is 11.1. The highest BCUT2D eigenvalue weighted by Gasteiger charge is 2.03. The number of carbonyl (C=O) groups excluding carboxylic acids is 1. The van der Waals surface area contributed by atoms with Gasteiger partial charge in [-0.3, -0.25) is 15.3 Å². The molecule has 0 fully saturated rings. The fourth-order valence-electron chi connectivity index (χ4n) is 0.988. The number of rotatable bonds is 6. The standard InChI is InChI=1S/C8H14N6O2/c9-8(10)11-3-1-7(15)16-4-2-6-5-12-14-13-6/h5H,1-4H2,(H4,9,10,11)(H,12,13,14). The molecule has 0 aliphatic carbocycles. The highest BCUT2D eigenvalue weighted by Crippen LogP contribution is 1.92. The van der Waals surface area contributed by atoms with Crippen LogP contribution in [0.2, 0.25) is 0 Å². The van der Waals surface area contributed by atoms with Gasteiger partial charge in [-0.15, -0.1) is 5.10 Å². The number of hydrogen-bond acceptors (Lipinski definition) is 5. The first-order valence-electron chi connectivity index (χ1n) is 4.77. The Morgan fingerprint density at radius 1 is 1.69 bits per heavy atom. The van der Waals surface area contributed by atoms with Crippen molar-refractivity contribution in [2.45, 2.75) is 12.8 Å². The van der Waals surface area contributed by atoms with Crippen LogP contribution in [0, 0.1) is 5.41 Å². The zero-order chi connectivity index (χ0) is 11.8. The van der Waals surface area contributed by atoms with Gasteiger partial charge in [0.05, 0.1) is 18.7 Å². The Labute approximate surface area is 92.1 Å². The third kappa shape index (κ3) is 4.94. The number of nitrogens with one attached hydrogen (secondary N) is 3. The van der Waals surface area contributed by atoms with Crippen LogP contribution < -0.4 is 11.1 Å². The minimum absolute atomic E-state index is 0.157. The summed E-state index contributed by atoms with van der Waals surface area (Å²) < 4.78 is 4.93. The second-order valence-electron chi connectivity index (χ2n) is 3.03. The summed E-state index contributed by atoms with van der Waals surface area (Å²) in [7, 11) is 0. The number of esters is 1. The van der Waals surface area contributed by atoms with Crippen LogP contribution in [0.25, 0.3) is 0 Å². The van der Waals surface area contributed by atoms with Gasteiger partial charge >= 0.3 is 5.97 Å². The Morgan fingerprint density at radius 2 is 2.50 bits per heavy atom. The predicted molar refractivity (Wildman–Crippen MR) is 55.6 cm³/mol. The normalized spacial score (nSPS) is 9.75. The van der Waals surface area contributed by atoms with Gasteiger partial charge in [0.25, 0.3) is 0 Å². The number of carbonyl (C=O) groups is 1. The largest absolute Gasteiger partial charge is 0.465 e. The molecule has 0 aromatic carbocycles.